The molecule has 1 unspecified atom stereocenters. The van der Waals surface area contributed by atoms with Crippen molar-refractivity contribution in [1.29, 1.82) is 0 Å². The van der Waals surface area contributed by atoms with Crippen LogP contribution in [0.25, 0.3) is 0 Å². The predicted octanol–water partition coefficient (Wildman–Crippen LogP) is 2.21. The summed E-state index contributed by atoms with van der Waals surface area (Å²) in [5.74, 6) is -0.242. The molecule has 0 aromatic carbocycles. The Hall–Kier alpha value is -1.05. The van der Waals surface area contributed by atoms with Crippen molar-refractivity contribution in [2.45, 2.75) is 32.3 Å². The minimum absolute atomic E-state index is 0.0497. The Morgan fingerprint density at radius 3 is 3.17 bits per heavy atom. The van der Waals surface area contributed by atoms with Crippen molar-refractivity contribution in [2.75, 3.05) is 0 Å². The highest BCUT2D eigenvalue weighted by Gasteiger charge is 2.05. The van der Waals surface area contributed by atoms with Crippen molar-refractivity contribution in [3.8, 4) is 0 Å². The van der Waals surface area contributed by atoms with Gasteiger partial charge in [0, 0.05) is 6.08 Å². The highest BCUT2D eigenvalue weighted by molar-refractivity contribution is 5.82. The molecule has 0 aromatic heterocycles. The first-order valence-electron chi connectivity index (χ1n) is 4.33. The Labute approximate surface area is 72.9 Å². The maximum Gasteiger partial charge on any atom is 0.331 e. The number of carbonyl (C=O) groups is 1. The molecule has 12 heavy (non-hydrogen) atoms. The molecule has 1 rings (SSSR count). The number of esters is 1. The number of rotatable bonds is 0. The van der Waals surface area contributed by atoms with Gasteiger partial charge in [-0.05, 0) is 26.2 Å². The monoisotopic (exact) mass is 166 g/mol. The summed E-state index contributed by atoms with van der Waals surface area (Å²) in [5, 5.41) is 0. The second-order valence-corrected chi connectivity index (χ2v) is 2.97. The molecule has 0 fully saturated rings. The first kappa shape index (κ1) is 9.04. The van der Waals surface area contributed by atoms with Crippen LogP contribution in [0.15, 0.2) is 24.3 Å². The molecule has 0 radical (unpaired) electrons. The summed E-state index contributed by atoms with van der Waals surface area (Å²) in [4.78, 5) is 11.0. The van der Waals surface area contributed by atoms with E-state index >= 15 is 0 Å². The Balaban J connectivity index is 2.53. The molecule has 1 aliphatic heterocycles. The van der Waals surface area contributed by atoms with Crippen molar-refractivity contribution in [1.82, 2.24) is 0 Å². The third kappa shape index (κ3) is 3.37. The zero-order chi connectivity index (χ0) is 8.81. The van der Waals surface area contributed by atoms with Gasteiger partial charge in [-0.3, -0.25) is 0 Å². The van der Waals surface area contributed by atoms with Crippen LogP contribution in [0.5, 0.6) is 0 Å². The normalized spacial score (nSPS) is 30.4. The van der Waals surface area contributed by atoms with E-state index in [9.17, 15) is 4.79 Å². The lowest BCUT2D eigenvalue weighted by Gasteiger charge is -2.11. The second-order valence-electron chi connectivity index (χ2n) is 2.97. The van der Waals surface area contributed by atoms with Crippen LogP contribution in [0.3, 0.4) is 0 Å². The minimum atomic E-state index is -0.242. The number of hydrogen-bond donors (Lipinski definition) is 0. The zero-order valence-electron chi connectivity index (χ0n) is 7.32. The van der Waals surface area contributed by atoms with Gasteiger partial charge in [-0.1, -0.05) is 18.2 Å². The third-order valence-electron chi connectivity index (χ3n) is 1.78. The van der Waals surface area contributed by atoms with Crippen LogP contribution >= 0.6 is 0 Å². The summed E-state index contributed by atoms with van der Waals surface area (Å²) in [6.07, 6.45) is 10.3. The second kappa shape index (κ2) is 4.75. The number of ether oxygens (including phenoxy) is 1. The van der Waals surface area contributed by atoms with Crippen LogP contribution < -0.4 is 0 Å². The van der Waals surface area contributed by atoms with Crippen LogP contribution in [-0.4, -0.2) is 12.1 Å². The summed E-state index contributed by atoms with van der Waals surface area (Å²) in [5.41, 5.74) is 0. The SMILES string of the molecule is CC1CCC/C=C/C=C\C(=O)O1. The number of allylic oxidation sites excluding steroid dienone is 3. The molecule has 0 spiro atoms. The fourth-order valence-electron chi connectivity index (χ4n) is 1.13. The average molecular weight is 166 g/mol. The number of cyclic esters (lactones) is 1. The van der Waals surface area contributed by atoms with E-state index in [0.29, 0.717) is 0 Å². The Morgan fingerprint density at radius 1 is 1.50 bits per heavy atom. The summed E-state index contributed by atoms with van der Waals surface area (Å²) >= 11 is 0. The lowest BCUT2D eigenvalue weighted by molar-refractivity contribution is -0.142. The highest BCUT2D eigenvalue weighted by Crippen LogP contribution is 2.07. The molecule has 0 aromatic rings. The van der Waals surface area contributed by atoms with Gasteiger partial charge in [-0.2, -0.15) is 0 Å². The molecule has 0 saturated carbocycles. The zero-order valence-corrected chi connectivity index (χ0v) is 7.32. The summed E-state index contributed by atoms with van der Waals surface area (Å²) in [6, 6.07) is 0. The molecular formula is C10H14O2. The molecule has 0 saturated heterocycles. The molecule has 2 heteroatoms. The molecule has 66 valence electrons. The van der Waals surface area contributed by atoms with Gasteiger partial charge >= 0.3 is 5.97 Å². The van der Waals surface area contributed by atoms with E-state index in [2.05, 4.69) is 6.08 Å². The van der Waals surface area contributed by atoms with Gasteiger partial charge in [-0.15, -0.1) is 0 Å². The van der Waals surface area contributed by atoms with Crippen LogP contribution in [0, 0.1) is 0 Å². The quantitative estimate of drug-likeness (QED) is 0.516. The molecule has 1 heterocycles. The first-order chi connectivity index (χ1) is 5.79. The van der Waals surface area contributed by atoms with Crippen molar-refractivity contribution in [3.63, 3.8) is 0 Å². The highest BCUT2D eigenvalue weighted by atomic mass is 16.5. The van der Waals surface area contributed by atoms with Gasteiger partial charge in [0.1, 0.15) is 0 Å². The van der Waals surface area contributed by atoms with Gasteiger partial charge in [0.2, 0.25) is 0 Å². The van der Waals surface area contributed by atoms with E-state index in [0.717, 1.165) is 19.3 Å². The molecule has 2 nitrogen and oxygen atoms in total. The Kier molecular flexibility index (Phi) is 3.58. The van der Waals surface area contributed by atoms with Crippen LogP contribution in [0.4, 0.5) is 0 Å². The van der Waals surface area contributed by atoms with E-state index in [1.165, 1.54) is 6.08 Å². The van der Waals surface area contributed by atoms with E-state index in [4.69, 9.17) is 4.74 Å². The Bertz CT molecular complexity index is 204. The third-order valence-corrected chi connectivity index (χ3v) is 1.78. The van der Waals surface area contributed by atoms with Gasteiger partial charge in [0.05, 0.1) is 6.10 Å². The molecule has 0 N–H and O–H groups in total. The lowest BCUT2D eigenvalue weighted by Crippen LogP contribution is -2.12. The van der Waals surface area contributed by atoms with Gasteiger partial charge < -0.3 is 4.74 Å². The van der Waals surface area contributed by atoms with Crippen LogP contribution in [0.2, 0.25) is 0 Å². The van der Waals surface area contributed by atoms with E-state index in [1.54, 1.807) is 6.08 Å². The fraction of sp³-hybridized carbons (Fsp3) is 0.500. The average Bonchev–Trinajstić information content (AvgIpc) is 2.02. The van der Waals surface area contributed by atoms with Crippen molar-refractivity contribution in [3.05, 3.63) is 24.3 Å². The first-order valence-corrected chi connectivity index (χ1v) is 4.33. The van der Waals surface area contributed by atoms with Crippen LogP contribution in [0.1, 0.15) is 26.2 Å². The van der Waals surface area contributed by atoms with E-state index < -0.39 is 0 Å². The smallest absolute Gasteiger partial charge is 0.331 e. The summed E-state index contributed by atoms with van der Waals surface area (Å²) in [7, 11) is 0. The summed E-state index contributed by atoms with van der Waals surface area (Å²) in [6.45, 7) is 1.93. The van der Waals surface area contributed by atoms with Crippen molar-refractivity contribution >= 4 is 5.97 Å². The molecule has 0 amide bonds. The minimum Gasteiger partial charge on any atom is -0.460 e. The maximum absolute atomic E-state index is 11.0. The topological polar surface area (TPSA) is 26.3 Å². The van der Waals surface area contributed by atoms with E-state index in [1.807, 2.05) is 13.0 Å². The van der Waals surface area contributed by atoms with E-state index in [-0.39, 0.29) is 12.1 Å². The lowest BCUT2D eigenvalue weighted by atomic mass is 10.1. The molecule has 1 aliphatic rings. The van der Waals surface area contributed by atoms with Crippen molar-refractivity contribution < 1.29 is 9.53 Å². The number of hydrogen-bond acceptors (Lipinski definition) is 2. The van der Waals surface area contributed by atoms with Crippen LogP contribution in [-0.2, 0) is 9.53 Å². The molecular weight excluding hydrogens is 152 g/mol. The van der Waals surface area contributed by atoms with Gasteiger partial charge in [0.25, 0.3) is 0 Å². The fourth-order valence-corrected chi connectivity index (χ4v) is 1.13. The molecule has 0 aliphatic carbocycles. The molecule has 1 atom stereocenters. The Morgan fingerprint density at radius 2 is 2.33 bits per heavy atom. The van der Waals surface area contributed by atoms with Gasteiger partial charge in [0.15, 0.2) is 0 Å². The maximum atomic E-state index is 11.0. The standard InChI is InChI=1S/C10H14O2/c1-9-7-5-3-2-4-6-8-10(11)12-9/h2,4,6,8-9H,3,5,7H2,1H3/b4-2+,8-6-. The largest absolute Gasteiger partial charge is 0.460 e. The summed E-state index contributed by atoms with van der Waals surface area (Å²) < 4.78 is 5.07. The van der Waals surface area contributed by atoms with Gasteiger partial charge in [-0.25, -0.2) is 4.79 Å². The predicted molar refractivity (Wildman–Crippen MR) is 47.7 cm³/mol. The van der Waals surface area contributed by atoms with Crippen molar-refractivity contribution in [2.24, 2.45) is 0 Å². The molecule has 0 bridgehead atoms. The number of carbonyl (C=O) groups excluding carboxylic acids is 1.